The minimum atomic E-state index is -1.65. The highest BCUT2D eigenvalue weighted by atomic mass is 32.2. The molecule has 2 unspecified atom stereocenters. The van der Waals surface area contributed by atoms with Crippen molar-refractivity contribution in [3.63, 3.8) is 0 Å². The first-order valence-corrected chi connectivity index (χ1v) is 7.78. The second-order valence-electron chi connectivity index (χ2n) is 4.76. The van der Waals surface area contributed by atoms with Gasteiger partial charge < -0.3 is 10.4 Å². The maximum Gasteiger partial charge on any atom is 0.318 e. The summed E-state index contributed by atoms with van der Waals surface area (Å²) in [5.74, 6) is -1.65. The number of amides is 1. The molecule has 1 saturated carbocycles. The summed E-state index contributed by atoms with van der Waals surface area (Å²) in [5.41, 5.74) is 0. The normalized spacial score (nSPS) is 20.7. The summed E-state index contributed by atoms with van der Waals surface area (Å²) >= 11 is 0. The van der Waals surface area contributed by atoms with Crippen molar-refractivity contribution in [1.82, 2.24) is 5.32 Å². The van der Waals surface area contributed by atoms with Crippen LogP contribution in [0.25, 0.3) is 0 Å². The Bertz CT molecular complexity index is 324. The predicted molar refractivity (Wildman–Crippen MR) is 69.7 cm³/mol. The van der Waals surface area contributed by atoms with Gasteiger partial charge in [-0.05, 0) is 19.8 Å². The van der Waals surface area contributed by atoms with Gasteiger partial charge in [0.2, 0.25) is 5.91 Å². The molecule has 0 aromatic carbocycles. The average molecular weight is 275 g/mol. The molecule has 0 aromatic heterocycles. The SMILES string of the molecule is CC(C(=O)O)S(=O)CC(=O)NC1CCCCCC1. The highest BCUT2D eigenvalue weighted by molar-refractivity contribution is 7.87. The number of carboxylic acids is 1. The van der Waals surface area contributed by atoms with Gasteiger partial charge in [-0.1, -0.05) is 25.7 Å². The molecule has 1 rings (SSSR count). The molecule has 2 atom stereocenters. The van der Waals surface area contributed by atoms with Gasteiger partial charge in [0.25, 0.3) is 0 Å². The molecule has 1 fully saturated rings. The minimum Gasteiger partial charge on any atom is -0.480 e. The Morgan fingerprint density at radius 1 is 1.28 bits per heavy atom. The van der Waals surface area contributed by atoms with Gasteiger partial charge >= 0.3 is 5.97 Å². The Kier molecular flexibility index (Phi) is 6.32. The quantitative estimate of drug-likeness (QED) is 0.735. The zero-order valence-corrected chi connectivity index (χ0v) is 11.5. The molecule has 6 heteroatoms. The third kappa shape index (κ3) is 5.16. The molecular weight excluding hydrogens is 254 g/mol. The smallest absolute Gasteiger partial charge is 0.318 e. The van der Waals surface area contributed by atoms with Crippen LogP contribution in [0.4, 0.5) is 0 Å². The molecule has 104 valence electrons. The van der Waals surface area contributed by atoms with Crippen molar-refractivity contribution in [2.24, 2.45) is 0 Å². The lowest BCUT2D eigenvalue weighted by Crippen LogP contribution is -2.39. The summed E-state index contributed by atoms with van der Waals surface area (Å²) in [6, 6.07) is 0.164. The van der Waals surface area contributed by atoms with E-state index in [2.05, 4.69) is 5.32 Å². The van der Waals surface area contributed by atoms with Crippen LogP contribution in [-0.2, 0) is 20.4 Å². The van der Waals surface area contributed by atoms with Crippen LogP contribution in [-0.4, -0.2) is 38.2 Å². The Labute approximate surface area is 110 Å². The van der Waals surface area contributed by atoms with Gasteiger partial charge in [0.15, 0.2) is 0 Å². The number of carbonyl (C=O) groups excluding carboxylic acids is 1. The summed E-state index contributed by atoms with van der Waals surface area (Å²) in [4.78, 5) is 22.3. The second kappa shape index (κ2) is 7.51. The number of hydrogen-bond acceptors (Lipinski definition) is 3. The third-order valence-electron chi connectivity index (χ3n) is 3.24. The third-order valence-corrected chi connectivity index (χ3v) is 4.77. The van der Waals surface area contributed by atoms with Gasteiger partial charge in [0.1, 0.15) is 11.0 Å². The van der Waals surface area contributed by atoms with E-state index >= 15 is 0 Å². The van der Waals surface area contributed by atoms with Crippen molar-refractivity contribution in [1.29, 1.82) is 0 Å². The van der Waals surface area contributed by atoms with Gasteiger partial charge in [-0.15, -0.1) is 0 Å². The van der Waals surface area contributed by atoms with Crippen molar-refractivity contribution in [3.05, 3.63) is 0 Å². The molecule has 0 aliphatic heterocycles. The van der Waals surface area contributed by atoms with Crippen LogP contribution in [0, 0.1) is 0 Å². The molecule has 2 N–H and O–H groups in total. The number of nitrogens with one attached hydrogen (secondary N) is 1. The first-order valence-electron chi connectivity index (χ1n) is 6.40. The van der Waals surface area contributed by atoms with Gasteiger partial charge in [0, 0.05) is 16.8 Å². The molecule has 18 heavy (non-hydrogen) atoms. The van der Waals surface area contributed by atoms with Crippen LogP contribution in [0.15, 0.2) is 0 Å². The van der Waals surface area contributed by atoms with Crippen LogP contribution in [0.3, 0.4) is 0 Å². The molecule has 1 aliphatic carbocycles. The first-order chi connectivity index (χ1) is 8.50. The Morgan fingerprint density at radius 3 is 2.33 bits per heavy atom. The fraction of sp³-hybridized carbons (Fsp3) is 0.833. The summed E-state index contributed by atoms with van der Waals surface area (Å²) < 4.78 is 11.6. The summed E-state index contributed by atoms with van der Waals surface area (Å²) in [6.45, 7) is 1.36. The highest BCUT2D eigenvalue weighted by Gasteiger charge is 2.22. The molecule has 0 saturated heterocycles. The molecule has 1 amide bonds. The molecule has 0 bridgehead atoms. The Morgan fingerprint density at radius 2 is 1.83 bits per heavy atom. The zero-order valence-electron chi connectivity index (χ0n) is 10.7. The maximum atomic E-state index is 11.7. The second-order valence-corrected chi connectivity index (χ2v) is 6.52. The fourth-order valence-corrected chi connectivity index (χ4v) is 2.88. The zero-order chi connectivity index (χ0) is 13.5. The van der Waals surface area contributed by atoms with Crippen LogP contribution < -0.4 is 5.32 Å². The maximum absolute atomic E-state index is 11.7. The summed E-state index contributed by atoms with van der Waals surface area (Å²) in [7, 11) is -1.65. The van der Waals surface area contributed by atoms with Crippen molar-refractivity contribution in [3.8, 4) is 0 Å². The number of hydrogen-bond donors (Lipinski definition) is 2. The standard InChI is InChI=1S/C12H21NO4S/c1-9(12(15)16)18(17)8-11(14)13-10-6-4-2-3-5-7-10/h9-10H,2-8H2,1H3,(H,13,14)(H,15,16). The molecular formula is C12H21NO4S. The van der Waals surface area contributed by atoms with Gasteiger partial charge in [-0.25, -0.2) is 0 Å². The Hall–Kier alpha value is -0.910. The molecule has 1 aliphatic rings. The first kappa shape index (κ1) is 15.1. The van der Waals surface area contributed by atoms with E-state index in [0.29, 0.717) is 0 Å². The van der Waals surface area contributed by atoms with Crippen molar-refractivity contribution >= 4 is 22.7 Å². The van der Waals surface area contributed by atoms with E-state index in [9.17, 15) is 13.8 Å². The summed E-state index contributed by atoms with van der Waals surface area (Å²) in [6.07, 6.45) is 6.56. The van der Waals surface area contributed by atoms with E-state index in [1.54, 1.807) is 0 Å². The van der Waals surface area contributed by atoms with E-state index in [0.717, 1.165) is 25.7 Å². The van der Waals surface area contributed by atoms with E-state index < -0.39 is 22.0 Å². The largest absolute Gasteiger partial charge is 0.480 e. The van der Waals surface area contributed by atoms with Crippen LogP contribution in [0.5, 0.6) is 0 Å². The summed E-state index contributed by atoms with van der Waals surface area (Å²) in [5, 5.41) is 10.6. The van der Waals surface area contributed by atoms with Crippen LogP contribution >= 0.6 is 0 Å². The number of rotatable bonds is 5. The number of carbonyl (C=O) groups is 2. The topological polar surface area (TPSA) is 83.5 Å². The van der Waals surface area contributed by atoms with Gasteiger partial charge in [0.05, 0.1) is 0 Å². The predicted octanol–water partition coefficient (Wildman–Crippen LogP) is 1.05. The molecule has 0 radical (unpaired) electrons. The van der Waals surface area contributed by atoms with E-state index in [1.807, 2.05) is 0 Å². The van der Waals surface area contributed by atoms with E-state index in [4.69, 9.17) is 5.11 Å². The number of aliphatic carboxylic acids is 1. The van der Waals surface area contributed by atoms with Crippen LogP contribution in [0.1, 0.15) is 45.4 Å². The fourth-order valence-electron chi connectivity index (χ4n) is 2.06. The van der Waals surface area contributed by atoms with Gasteiger partial charge in [-0.2, -0.15) is 0 Å². The van der Waals surface area contributed by atoms with Crippen LogP contribution in [0.2, 0.25) is 0 Å². The average Bonchev–Trinajstić information content (AvgIpc) is 2.56. The number of carboxylic acid groups (broad SMARTS) is 1. The Balaban J connectivity index is 2.36. The highest BCUT2D eigenvalue weighted by Crippen LogP contribution is 2.17. The monoisotopic (exact) mass is 275 g/mol. The lowest BCUT2D eigenvalue weighted by molar-refractivity contribution is -0.136. The molecule has 0 aromatic rings. The minimum absolute atomic E-state index is 0.164. The molecule has 0 heterocycles. The van der Waals surface area contributed by atoms with E-state index in [-0.39, 0.29) is 17.7 Å². The van der Waals surface area contributed by atoms with Crippen molar-refractivity contribution in [2.45, 2.75) is 56.7 Å². The van der Waals surface area contributed by atoms with Crippen molar-refractivity contribution in [2.75, 3.05) is 5.75 Å². The van der Waals surface area contributed by atoms with E-state index in [1.165, 1.54) is 19.8 Å². The van der Waals surface area contributed by atoms with Gasteiger partial charge in [-0.3, -0.25) is 13.8 Å². The molecule has 5 nitrogen and oxygen atoms in total. The lowest BCUT2D eigenvalue weighted by atomic mass is 10.1. The van der Waals surface area contributed by atoms with Crippen molar-refractivity contribution < 1.29 is 18.9 Å². The molecule has 0 spiro atoms. The lowest BCUT2D eigenvalue weighted by Gasteiger charge is -2.16.